The van der Waals surface area contributed by atoms with Crippen molar-refractivity contribution >= 4 is 11.9 Å². The fourth-order valence-corrected chi connectivity index (χ4v) is 4.64. The minimum Gasteiger partial charge on any atom is -0.494 e. The van der Waals surface area contributed by atoms with Crippen molar-refractivity contribution in [3.8, 4) is 5.75 Å². The quantitative estimate of drug-likeness (QED) is 0.358. The van der Waals surface area contributed by atoms with E-state index in [1.165, 1.54) is 0 Å². The molecule has 0 saturated carbocycles. The number of benzene rings is 1. The Hall–Kier alpha value is -2.65. The first-order chi connectivity index (χ1) is 16.4. The van der Waals surface area contributed by atoms with Crippen molar-refractivity contribution in [1.29, 1.82) is 0 Å². The Morgan fingerprint density at radius 3 is 2.74 bits per heavy atom. The van der Waals surface area contributed by atoms with Gasteiger partial charge in [0.15, 0.2) is 5.82 Å². The number of hydrogen-bond donors (Lipinski definition) is 3. The molecule has 9 nitrogen and oxygen atoms in total. The average molecular weight is 472 g/mol. The van der Waals surface area contributed by atoms with E-state index >= 15 is 0 Å². The second-order valence-corrected chi connectivity index (χ2v) is 9.73. The van der Waals surface area contributed by atoms with Crippen LogP contribution in [0.25, 0.3) is 0 Å². The molecule has 4 rings (SSSR count). The lowest BCUT2D eigenvalue weighted by molar-refractivity contribution is -0.121. The van der Waals surface area contributed by atoms with Gasteiger partial charge in [0.1, 0.15) is 12.0 Å². The predicted molar refractivity (Wildman–Crippen MR) is 129 cm³/mol. The summed E-state index contributed by atoms with van der Waals surface area (Å²) in [6.45, 7) is 9.29. The van der Waals surface area contributed by atoms with Crippen molar-refractivity contribution < 1.29 is 19.2 Å². The van der Waals surface area contributed by atoms with Gasteiger partial charge in [-0.15, -0.1) is 0 Å². The van der Waals surface area contributed by atoms with Gasteiger partial charge in [0.25, 0.3) is 0 Å². The van der Waals surface area contributed by atoms with E-state index in [4.69, 9.17) is 9.26 Å². The van der Waals surface area contributed by atoms with Crippen LogP contribution in [0, 0.1) is 12.8 Å². The van der Waals surface area contributed by atoms with Gasteiger partial charge in [-0.05, 0) is 68.2 Å². The highest BCUT2D eigenvalue weighted by Gasteiger charge is 2.27. The van der Waals surface area contributed by atoms with Crippen LogP contribution in [0.5, 0.6) is 5.75 Å². The van der Waals surface area contributed by atoms with Gasteiger partial charge in [-0.25, -0.2) is 0 Å². The molecule has 2 atom stereocenters. The Labute approximate surface area is 201 Å². The highest BCUT2D eigenvalue weighted by atomic mass is 16.5. The first-order valence-electron chi connectivity index (χ1n) is 12.4. The molecule has 1 amide bonds. The number of anilines is 1. The lowest BCUT2D eigenvalue weighted by Crippen LogP contribution is -2.38. The fraction of sp³-hybridized carbons (Fsp3) is 0.640. The molecule has 1 unspecified atom stereocenters. The zero-order chi connectivity index (χ0) is 24.1. The summed E-state index contributed by atoms with van der Waals surface area (Å²) in [7, 11) is 0. The molecule has 9 heteroatoms. The van der Waals surface area contributed by atoms with E-state index in [2.05, 4.69) is 39.5 Å². The molecule has 2 aromatic rings. The molecule has 0 radical (unpaired) electrons. The van der Waals surface area contributed by atoms with E-state index in [0.717, 1.165) is 61.5 Å². The molecule has 0 spiro atoms. The number of aromatic nitrogens is 2. The number of nitrogens with one attached hydrogen (secondary N) is 2. The van der Waals surface area contributed by atoms with Gasteiger partial charge in [-0.2, -0.15) is 4.98 Å². The SMILES string of the molecule is Cc1cc(OCCCC2CCN(c3nc(C(C)C)no3)CC2)ccc1C(O)N[C@H]1CCNC1=O. The molecule has 1 aromatic heterocycles. The molecule has 0 bridgehead atoms. The van der Waals surface area contributed by atoms with Crippen LogP contribution >= 0.6 is 0 Å². The van der Waals surface area contributed by atoms with E-state index in [9.17, 15) is 9.90 Å². The predicted octanol–water partition coefficient (Wildman–Crippen LogP) is 3.05. The summed E-state index contributed by atoms with van der Waals surface area (Å²) in [5.41, 5.74) is 1.70. The van der Waals surface area contributed by atoms with Gasteiger partial charge in [0, 0.05) is 25.6 Å². The van der Waals surface area contributed by atoms with E-state index in [-0.39, 0.29) is 17.9 Å². The largest absolute Gasteiger partial charge is 0.494 e. The molecular formula is C25H37N5O4. The smallest absolute Gasteiger partial charge is 0.324 e. The van der Waals surface area contributed by atoms with Crippen molar-refractivity contribution in [2.45, 2.75) is 71.1 Å². The summed E-state index contributed by atoms with van der Waals surface area (Å²) in [5.74, 6) is 2.48. The average Bonchev–Trinajstić information content (AvgIpc) is 3.47. The number of aliphatic hydroxyl groups excluding tert-OH is 1. The van der Waals surface area contributed by atoms with Gasteiger partial charge in [-0.3, -0.25) is 10.1 Å². The molecule has 2 aliphatic rings. The summed E-state index contributed by atoms with van der Waals surface area (Å²) >= 11 is 0. The lowest BCUT2D eigenvalue weighted by atomic mass is 9.92. The van der Waals surface area contributed by atoms with Crippen LogP contribution in [-0.4, -0.2) is 53.4 Å². The maximum absolute atomic E-state index is 11.7. The van der Waals surface area contributed by atoms with Crippen LogP contribution < -0.4 is 20.3 Å². The van der Waals surface area contributed by atoms with Crippen LogP contribution in [0.3, 0.4) is 0 Å². The number of rotatable bonds is 10. The fourth-order valence-electron chi connectivity index (χ4n) is 4.64. The molecule has 2 fully saturated rings. The van der Waals surface area contributed by atoms with Crippen LogP contribution in [0.4, 0.5) is 6.01 Å². The first kappa shape index (κ1) is 24.5. The summed E-state index contributed by atoms with van der Waals surface area (Å²) in [6.07, 6.45) is 4.19. The summed E-state index contributed by atoms with van der Waals surface area (Å²) < 4.78 is 11.4. The van der Waals surface area contributed by atoms with Crippen LogP contribution in [-0.2, 0) is 4.79 Å². The van der Waals surface area contributed by atoms with Crippen molar-refractivity contribution in [2.24, 2.45) is 5.92 Å². The number of piperidine rings is 1. The van der Waals surface area contributed by atoms with Crippen LogP contribution in [0.15, 0.2) is 22.7 Å². The lowest BCUT2D eigenvalue weighted by Gasteiger charge is -2.30. The second kappa shape index (κ2) is 11.2. The van der Waals surface area contributed by atoms with Crippen molar-refractivity contribution in [3.63, 3.8) is 0 Å². The summed E-state index contributed by atoms with van der Waals surface area (Å²) in [4.78, 5) is 18.4. The molecular weight excluding hydrogens is 434 g/mol. The topological polar surface area (TPSA) is 113 Å². The highest BCUT2D eigenvalue weighted by molar-refractivity contribution is 5.83. The molecule has 2 saturated heterocycles. The second-order valence-electron chi connectivity index (χ2n) is 9.73. The Kier molecular flexibility index (Phi) is 8.05. The molecule has 186 valence electrons. The minimum atomic E-state index is -0.877. The minimum absolute atomic E-state index is 0.0581. The number of nitrogens with zero attached hydrogens (tertiary/aromatic N) is 3. The monoisotopic (exact) mass is 471 g/mol. The van der Waals surface area contributed by atoms with Crippen LogP contribution in [0.1, 0.15) is 75.0 Å². The maximum Gasteiger partial charge on any atom is 0.324 e. The van der Waals surface area contributed by atoms with Crippen molar-refractivity contribution in [2.75, 3.05) is 31.1 Å². The van der Waals surface area contributed by atoms with Crippen molar-refractivity contribution in [3.05, 3.63) is 35.2 Å². The summed E-state index contributed by atoms with van der Waals surface area (Å²) in [5, 5.41) is 20.3. The third-order valence-electron chi connectivity index (χ3n) is 6.80. The number of carbonyl (C=O) groups is 1. The molecule has 34 heavy (non-hydrogen) atoms. The number of carbonyl (C=O) groups excluding carboxylic acids is 1. The van der Waals surface area contributed by atoms with E-state index in [1.54, 1.807) is 0 Å². The molecule has 2 aliphatic heterocycles. The number of ether oxygens (including phenoxy) is 1. The maximum atomic E-state index is 11.7. The third kappa shape index (κ3) is 6.07. The van der Waals surface area contributed by atoms with Crippen molar-refractivity contribution in [1.82, 2.24) is 20.8 Å². The van der Waals surface area contributed by atoms with Crippen LogP contribution in [0.2, 0.25) is 0 Å². The van der Waals surface area contributed by atoms with Gasteiger partial charge < -0.3 is 24.6 Å². The zero-order valence-corrected chi connectivity index (χ0v) is 20.4. The number of amides is 1. The van der Waals surface area contributed by atoms with E-state index in [1.807, 2.05) is 25.1 Å². The Bertz CT molecular complexity index is 955. The Balaban J connectivity index is 1.16. The molecule has 3 N–H and O–H groups in total. The van der Waals surface area contributed by atoms with Gasteiger partial charge in [0.2, 0.25) is 5.91 Å². The molecule has 3 heterocycles. The van der Waals surface area contributed by atoms with E-state index in [0.29, 0.717) is 31.5 Å². The molecule has 0 aliphatic carbocycles. The number of aliphatic hydroxyl groups is 1. The Morgan fingerprint density at radius 1 is 1.29 bits per heavy atom. The van der Waals surface area contributed by atoms with E-state index < -0.39 is 6.23 Å². The molecule has 1 aromatic carbocycles. The van der Waals surface area contributed by atoms with Gasteiger partial charge in [0.05, 0.1) is 12.6 Å². The number of aryl methyl sites for hydroxylation is 1. The van der Waals surface area contributed by atoms with Gasteiger partial charge in [-0.1, -0.05) is 25.1 Å². The standard InChI is InChI=1S/C25H37N5O4/c1-16(2)22-28-25(34-29-22)30-12-9-18(10-13-30)5-4-14-33-19-6-7-20(17(3)15-19)23(31)27-21-8-11-26-24(21)32/h6-7,15-16,18,21,23,27,31H,4-5,8-14H2,1-3H3,(H,26,32)/t21-,23?/m0/s1. The highest BCUT2D eigenvalue weighted by Crippen LogP contribution is 2.27. The third-order valence-corrected chi connectivity index (χ3v) is 6.80. The first-order valence-corrected chi connectivity index (χ1v) is 12.4. The summed E-state index contributed by atoms with van der Waals surface area (Å²) in [6, 6.07) is 6.00. The Morgan fingerprint density at radius 2 is 2.09 bits per heavy atom. The van der Waals surface area contributed by atoms with Gasteiger partial charge >= 0.3 is 6.01 Å². The zero-order valence-electron chi connectivity index (χ0n) is 20.4. The normalized spacial score (nSPS) is 20.1. The number of hydrogen-bond acceptors (Lipinski definition) is 8.